The van der Waals surface area contributed by atoms with Crippen molar-refractivity contribution in [1.29, 1.82) is 0 Å². The van der Waals surface area contributed by atoms with Crippen LogP contribution in [0.1, 0.15) is 13.3 Å². The van der Waals surface area contributed by atoms with Crippen molar-refractivity contribution in [3.05, 3.63) is 81.6 Å². The Labute approximate surface area is 181 Å². The van der Waals surface area contributed by atoms with Crippen LogP contribution >= 0.6 is 0 Å². The fourth-order valence-corrected chi connectivity index (χ4v) is 5.73. The highest BCUT2D eigenvalue weighted by molar-refractivity contribution is 6.99. The van der Waals surface area contributed by atoms with Crippen LogP contribution in [0.3, 0.4) is 0 Å². The van der Waals surface area contributed by atoms with Gasteiger partial charge in [0.1, 0.15) is 23.3 Å². The molecule has 0 saturated carbocycles. The Morgan fingerprint density at radius 3 is 1.33 bits per heavy atom. The summed E-state index contributed by atoms with van der Waals surface area (Å²) in [7, 11) is 2.31. The molecule has 2 aliphatic rings. The van der Waals surface area contributed by atoms with Gasteiger partial charge in [-0.15, -0.1) is 0 Å². The van der Waals surface area contributed by atoms with Crippen molar-refractivity contribution in [3.8, 4) is 0 Å². The van der Waals surface area contributed by atoms with E-state index in [1.165, 1.54) is 19.1 Å². The molecule has 0 spiro atoms. The van der Waals surface area contributed by atoms with Crippen molar-refractivity contribution < 1.29 is 48.3 Å². The number of fused-ring (bicyclic) bond motifs is 1. The van der Waals surface area contributed by atoms with Crippen LogP contribution < -0.4 is 10.9 Å². The first-order valence-electron chi connectivity index (χ1n) is 9.65. The first-order chi connectivity index (χ1) is 15.2. The third kappa shape index (κ3) is 2.55. The molecule has 12 heteroatoms. The second kappa shape index (κ2) is 7.12. The van der Waals surface area contributed by atoms with Crippen LogP contribution in [0.5, 0.6) is 0 Å². The lowest BCUT2D eigenvalue weighted by Gasteiger charge is -2.54. The maximum Gasteiger partial charge on any atom is 0.287 e. The van der Waals surface area contributed by atoms with Crippen LogP contribution in [0.15, 0.2) is 23.4 Å². The Bertz CT molecular complexity index is 1170. The molecule has 0 N–H and O–H groups in total. The average molecular weight is 481 g/mol. The molecule has 4 rings (SSSR count). The van der Waals surface area contributed by atoms with Gasteiger partial charge in [-0.1, -0.05) is 35.3 Å². The van der Waals surface area contributed by atoms with E-state index in [0.717, 1.165) is 14.1 Å². The van der Waals surface area contributed by atoms with Crippen LogP contribution in [0, 0.1) is 58.2 Å². The topological polar surface area (TPSA) is 0 Å². The van der Waals surface area contributed by atoms with Crippen LogP contribution in [0.4, 0.5) is 43.9 Å². The molecule has 0 amide bonds. The molecule has 1 heterocycles. The SMILES string of the molecule is CC1=C2C=CCC2[B-](c2c(F)c(F)c(F)c(F)c2F)(c2c(F)c(F)c(F)c(F)c2F)[N+]1(C)C. The predicted octanol–water partition coefficient (Wildman–Crippen LogP) is 4.83. The van der Waals surface area contributed by atoms with Crippen LogP contribution in [-0.2, 0) is 0 Å². The van der Waals surface area contributed by atoms with E-state index in [0.29, 0.717) is 0 Å². The molecule has 1 nitrogen and oxygen atoms in total. The molecule has 0 radical (unpaired) electrons. The monoisotopic (exact) mass is 481 g/mol. The molecule has 0 saturated heterocycles. The molecule has 0 aromatic heterocycles. The molecule has 2 aromatic carbocycles. The molecule has 0 fully saturated rings. The van der Waals surface area contributed by atoms with Crippen molar-refractivity contribution in [2.24, 2.45) is 0 Å². The molecule has 1 atom stereocenters. The predicted molar refractivity (Wildman–Crippen MR) is 99.8 cm³/mol. The number of hydrogen-bond acceptors (Lipinski definition) is 0. The highest BCUT2D eigenvalue weighted by Gasteiger charge is 2.63. The van der Waals surface area contributed by atoms with Gasteiger partial charge >= 0.3 is 0 Å². The summed E-state index contributed by atoms with van der Waals surface area (Å²) in [5, 5.41) is 0. The first-order valence-corrected chi connectivity index (χ1v) is 9.65. The molecule has 2 aromatic rings. The Kier molecular flexibility index (Phi) is 5.05. The zero-order valence-electron chi connectivity index (χ0n) is 17.2. The van der Waals surface area contributed by atoms with Crippen molar-refractivity contribution in [1.82, 2.24) is 0 Å². The van der Waals surface area contributed by atoms with Gasteiger partial charge in [0.05, 0.1) is 5.70 Å². The van der Waals surface area contributed by atoms with Crippen molar-refractivity contribution >= 4 is 17.2 Å². The van der Waals surface area contributed by atoms with Gasteiger partial charge in [0.15, 0.2) is 34.9 Å². The quantitative estimate of drug-likeness (QED) is 0.250. The zero-order chi connectivity index (χ0) is 24.8. The lowest BCUT2D eigenvalue weighted by atomic mass is 9.19. The Hall–Kier alpha value is -2.76. The summed E-state index contributed by atoms with van der Waals surface area (Å²) in [6, 6.07) is 0. The summed E-state index contributed by atoms with van der Waals surface area (Å²) in [5.41, 5.74) is -2.81. The van der Waals surface area contributed by atoms with E-state index in [1.807, 2.05) is 0 Å². The van der Waals surface area contributed by atoms with E-state index in [4.69, 9.17) is 0 Å². The zero-order valence-corrected chi connectivity index (χ0v) is 17.2. The Morgan fingerprint density at radius 1 is 0.636 bits per heavy atom. The summed E-state index contributed by atoms with van der Waals surface area (Å²) in [4.78, 5) is 0. The molecular formula is C21H14BF10N. The van der Waals surface area contributed by atoms with Crippen molar-refractivity contribution in [2.45, 2.75) is 19.2 Å². The van der Waals surface area contributed by atoms with E-state index >= 15 is 17.6 Å². The smallest absolute Gasteiger partial charge is 0.287 e. The van der Waals surface area contributed by atoms with Crippen LogP contribution in [-0.4, -0.2) is 24.8 Å². The summed E-state index contributed by atoms with van der Waals surface area (Å²) in [5.74, 6) is -25.6. The van der Waals surface area contributed by atoms with Crippen molar-refractivity contribution in [3.63, 3.8) is 0 Å². The molecule has 1 unspecified atom stereocenters. The standard InChI is InChI=1S/C21H14BF10N/c1-7-8-5-4-6-9(8)22(33(7,2)3,10-12(23)16(27)20(31)17(28)13(10)24)11-14(25)18(29)21(32)19(30)15(11)26/h4-5,9H,6H2,1-3H3. The highest BCUT2D eigenvalue weighted by atomic mass is 19.2. The molecular weight excluding hydrogens is 467 g/mol. The van der Waals surface area contributed by atoms with Gasteiger partial charge in [0.2, 0.25) is 0 Å². The van der Waals surface area contributed by atoms with Gasteiger partial charge in [-0.2, -0.15) is 0 Å². The highest BCUT2D eigenvalue weighted by Crippen LogP contribution is 2.53. The Balaban J connectivity index is 2.32. The first kappa shape index (κ1) is 23.4. The largest absolute Gasteiger partial charge is 0.482 e. The second-order valence-corrected chi connectivity index (χ2v) is 8.68. The number of benzene rings is 2. The van der Waals surface area contributed by atoms with E-state index in [1.54, 1.807) is 0 Å². The van der Waals surface area contributed by atoms with Gasteiger partial charge in [0, 0.05) is 21.0 Å². The number of nitrogens with zero attached hydrogens (tertiary/aromatic N) is 1. The fraction of sp³-hybridized carbons (Fsp3) is 0.238. The maximum absolute atomic E-state index is 15.2. The fourth-order valence-electron chi connectivity index (χ4n) is 5.73. The van der Waals surface area contributed by atoms with Gasteiger partial charge in [-0.3, -0.25) is 0 Å². The summed E-state index contributed by atoms with van der Waals surface area (Å²) < 4.78 is 145. The average Bonchev–Trinajstić information content (AvgIpc) is 3.31. The molecule has 33 heavy (non-hydrogen) atoms. The third-order valence-electron chi connectivity index (χ3n) is 7.34. The van der Waals surface area contributed by atoms with Gasteiger partial charge in [-0.05, 0) is 5.57 Å². The summed E-state index contributed by atoms with van der Waals surface area (Å²) >= 11 is 0. The molecule has 176 valence electrons. The normalized spacial score (nSPS) is 20.7. The van der Waals surface area contributed by atoms with E-state index in [9.17, 15) is 26.3 Å². The minimum Gasteiger partial charge on any atom is -0.482 e. The summed E-state index contributed by atoms with van der Waals surface area (Å²) in [6.45, 7) is 1.39. The van der Waals surface area contributed by atoms with Crippen LogP contribution in [0.25, 0.3) is 0 Å². The number of hydrogen-bond donors (Lipinski definition) is 0. The van der Waals surface area contributed by atoms with E-state index < -0.39 is 85.6 Å². The van der Waals surface area contributed by atoms with Crippen LogP contribution in [0.2, 0.25) is 5.82 Å². The molecule has 0 bridgehead atoms. The third-order valence-corrected chi connectivity index (χ3v) is 7.34. The van der Waals surface area contributed by atoms with Gasteiger partial charge in [-0.25, -0.2) is 43.9 Å². The van der Waals surface area contributed by atoms with Gasteiger partial charge in [0.25, 0.3) is 6.28 Å². The minimum atomic E-state index is -3.93. The number of halogens is 10. The maximum atomic E-state index is 15.2. The van der Waals surface area contributed by atoms with Crippen molar-refractivity contribution in [2.75, 3.05) is 14.1 Å². The summed E-state index contributed by atoms with van der Waals surface area (Å²) in [6.07, 6.45) is -1.27. The lowest BCUT2D eigenvalue weighted by molar-refractivity contribution is -0.743. The molecule has 1 aliphatic heterocycles. The van der Waals surface area contributed by atoms with E-state index in [-0.39, 0.29) is 17.7 Å². The number of allylic oxidation sites excluding steroid dienone is 4. The lowest BCUT2D eigenvalue weighted by Crippen LogP contribution is -2.79. The number of rotatable bonds is 2. The second-order valence-electron chi connectivity index (χ2n) is 8.68. The Morgan fingerprint density at radius 2 is 0.970 bits per heavy atom. The molecule has 1 aliphatic carbocycles. The van der Waals surface area contributed by atoms with E-state index in [2.05, 4.69) is 0 Å². The van der Waals surface area contributed by atoms with Gasteiger partial charge < -0.3 is 4.39 Å². The minimum absolute atomic E-state index is 0.196. The number of quaternary nitrogens is 1.